The van der Waals surface area contributed by atoms with Crippen LogP contribution >= 0.6 is 0 Å². The van der Waals surface area contributed by atoms with E-state index in [2.05, 4.69) is 15.5 Å². The van der Waals surface area contributed by atoms with E-state index in [0.717, 1.165) is 31.5 Å². The average molecular weight is 464 g/mol. The highest BCUT2D eigenvalue weighted by atomic mass is 16.5. The monoisotopic (exact) mass is 463 g/mol. The molecule has 1 aromatic heterocycles. The molecule has 2 aromatic carbocycles. The molecule has 0 atom stereocenters. The molecule has 0 spiro atoms. The van der Waals surface area contributed by atoms with Crippen molar-refractivity contribution in [2.24, 2.45) is 0 Å². The van der Waals surface area contributed by atoms with Crippen molar-refractivity contribution in [2.75, 3.05) is 39.1 Å². The fourth-order valence-corrected chi connectivity index (χ4v) is 3.84. The lowest BCUT2D eigenvalue weighted by atomic mass is 10.1. The van der Waals surface area contributed by atoms with Gasteiger partial charge < -0.3 is 24.4 Å². The van der Waals surface area contributed by atoms with Gasteiger partial charge in [0.05, 0.1) is 12.8 Å². The first-order valence-electron chi connectivity index (χ1n) is 11.4. The van der Waals surface area contributed by atoms with E-state index in [0.29, 0.717) is 41.7 Å². The molecule has 178 valence electrons. The summed E-state index contributed by atoms with van der Waals surface area (Å²) < 4.78 is 10.7. The highest BCUT2D eigenvalue weighted by molar-refractivity contribution is 5.94. The van der Waals surface area contributed by atoms with E-state index in [-0.39, 0.29) is 11.9 Å². The lowest BCUT2D eigenvalue weighted by molar-refractivity contribution is 0.0724. The van der Waals surface area contributed by atoms with E-state index in [4.69, 9.17) is 9.26 Å². The van der Waals surface area contributed by atoms with Crippen LogP contribution in [0, 0.1) is 0 Å². The van der Waals surface area contributed by atoms with Crippen LogP contribution in [0.3, 0.4) is 0 Å². The first kappa shape index (κ1) is 23.3. The van der Waals surface area contributed by atoms with E-state index in [1.807, 2.05) is 29.2 Å². The van der Waals surface area contributed by atoms with Gasteiger partial charge in [0.1, 0.15) is 5.75 Å². The number of hydrogen-bond donors (Lipinski definition) is 1. The molecule has 0 aliphatic carbocycles. The third-order valence-corrected chi connectivity index (χ3v) is 5.86. The quantitative estimate of drug-likeness (QED) is 0.567. The van der Waals surface area contributed by atoms with Crippen LogP contribution in [0.2, 0.25) is 0 Å². The average Bonchev–Trinajstić information content (AvgIpc) is 3.37. The number of benzene rings is 2. The molecule has 4 rings (SSSR count). The van der Waals surface area contributed by atoms with Crippen molar-refractivity contribution in [3.63, 3.8) is 0 Å². The van der Waals surface area contributed by atoms with Crippen molar-refractivity contribution in [1.82, 2.24) is 19.9 Å². The van der Waals surface area contributed by atoms with Crippen LogP contribution in [0.5, 0.6) is 5.75 Å². The third-order valence-electron chi connectivity index (χ3n) is 5.86. The van der Waals surface area contributed by atoms with Crippen molar-refractivity contribution in [3.8, 4) is 17.2 Å². The van der Waals surface area contributed by atoms with E-state index >= 15 is 0 Å². The van der Waals surface area contributed by atoms with Crippen LogP contribution in [0.1, 0.15) is 35.4 Å². The molecule has 9 nitrogen and oxygen atoms in total. The summed E-state index contributed by atoms with van der Waals surface area (Å²) in [5.74, 6) is 1.54. The number of carbonyl (C=O) groups is 2. The summed E-state index contributed by atoms with van der Waals surface area (Å²) in [5, 5.41) is 6.86. The van der Waals surface area contributed by atoms with Crippen molar-refractivity contribution in [3.05, 3.63) is 59.9 Å². The Balaban J connectivity index is 1.31. The minimum absolute atomic E-state index is 0.0619. The predicted molar refractivity (Wildman–Crippen MR) is 128 cm³/mol. The molecule has 0 bridgehead atoms. The van der Waals surface area contributed by atoms with Crippen LogP contribution in [-0.4, -0.2) is 65.7 Å². The molecule has 1 saturated heterocycles. The number of aromatic nitrogens is 2. The van der Waals surface area contributed by atoms with Gasteiger partial charge in [-0.25, -0.2) is 4.79 Å². The summed E-state index contributed by atoms with van der Waals surface area (Å²) in [5.41, 5.74) is 2.01. The fourth-order valence-electron chi connectivity index (χ4n) is 3.84. The van der Waals surface area contributed by atoms with E-state index in [1.54, 1.807) is 43.3 Å². The number of carbonyl (C=O) groups excluding carboxylic acids is 2. The van der Waals surface area contributed by atoms with Gasteiger partial charge in [-0.05, 0) is 55.7 Å². The molecule has 3 amide bonds. The number of hydrogen-bond acceptors (Lipinski definition) is 6. The van der Waals surface area contributed by atoms with Gasteiger partial charge in [-0.15, -0.1) is 0 Å². The first-order valence-corrected chi connectivity index (χ1v) is 11.4. The Hall–Kier alpha value is -3.88. The molecule has 0 radical (unpaired) electrons. The Morgan fingerprint density at radius 1 is 1.09 bits per heavy atom. The topological polar surface area (TPSA) is 101 Å². The number of likely N-dealkylation sites (N-methyl/N-ethyl adjacent to an activating group) is 1. The number of methoxy groups -OCH3 is 1. The maximum Gasteiger partial charge on any atom is 0.321 e. The van der Waals surface area contributed by atoms with Crippen LogP contribution in [0.4, 0.5) is 10.5 Å². The molecule has 1 aliphatic heterocycles. The van der Waals surface area contributed by atoms with Crippen molar-refractivity contribution in [2.45, 2.75) is 25.7 Å². The van der Waals surface area contributed by atoms with Gasteiger partial charge in [0, 0.05) is 44.2 Å². The standard InChI is InChI=1S/C25H29N5O4/c1-29(25(32)26-20-8-4-5-9-21(20)33-2)17-14-22-27-23(34-28-22)18-10-12-19(13-11-18)24(31)30-15-6-3-7-16-30/h4-5,8-13H,3,6-7,14-17H2,1-2H3,(H,26,32). The smallest absolute Gasteiger partial charge is 0.321 e. The maximum atomic E-state index is 12.6. The van der Waals surface area contributed by atoms with Gasteiger partial charge in [0.15, 0.2) is 5.82 Å². The van der Waals surface area contributed by atoms with Gasteiger partial charge >= 0.3 is 6.03 Å². The lowest BCUT2D eigenvalue weighted by Crippen LogP contribution is -2.35. The van der Waals surface area contributed by atoms with Gasteiger partial charge in [-0.1, -0.05) is 17.3 Å². The summed E-state index contributed by atoms with van der Waals surface area (Å²) >= 11 is 0. The largest absolute Gasteiger partial charge is 0.495 e. The number of nitrogens with zero attached hydrogens (tertiary/aromatic N) is 4. The second kappa shape index (κ2) is 10.8. The second-order valence-electron chi connectivity index (χ2n) is 8.25. The van der Waals surface area contributed by atoms with Gasteiger partial charge in [-0.2, -0.15) is 4.98 Å². The highest BCUT2D eigenvalue weighted by Gasteiger charge is 2.19. The molecule has 1 fully saturated rings. The zero-order valence-electron chi connectivity index (χ0n) is 19.5. The third kappa shape index (κ3) is 5.54. The summed E-state index contributed by atoms with van der Waals surface area (Å²) in [6.45, 7) is 2.04. The minimum atomic E-state index is -0.262. The molecule has 1 aliphatic rings. The Kier molecular flexibility index (Phi) is 7.41. The number of ether oxygens (including phenoxy) is 1. The zero-order chi connectivity index (χ0) is 23.9. The van der Waals surface area contributed by atoms with E-state index in [1.165, 1.54) is 6.42 Å². The van der Waals surface area contributed by atoms with Crippen LogP contribution in [0.25, 0.3) is 11.5 Å². The fraction of sp³-hybridized carbons (Fsp3) is 0.360. The molecule has 3 aromatic rings. The molecule has 0 saturated carbocycles. The number of urea groups is 1. The first-order chi connectivity index (χ1) is 16.5. The van der Waals surface area contributed by atoms with Crippen molar-refractivity contribution >= 4 is 17.6 Å². The summed E-state index contributed by atoms with van der Waals surface area (Å²) in [6.07, 6.45) is 3.74. The molecule has 2 heterocycles. The number of para-hydroxylation sites is 2. The number of piperidine rings is 1. The van der Waals surface area contributed by atoms with Crippen LogP contribution in [-0.2, 0) is 6.42 Å². The molecule has 0 unspecified atom stereocenters. The normalized spacial score (nSPS) is 13.4. The summed E-state index contributed by atoms with van der Waals surface area (Å²) in [6, 6.07) is 14.2. The Labute approximate surface area is 198 Å². The summed E-state index contributed by atoms with van der Waals surface area (Å²) in [4.78, 5) is 33.0. The Bertz CT molecular complexity index is 1120. The summed E-state index contributed by atoms with van der Waals surface area (Å²) in [7, 11) is 3.26. The van der Waals surface area contributed by atoms with E-state index < -0.39 is 0 Å². The van der Waals surface area contributed by atoms with Crippen molar-refractivity contribution in [1.29, 1.82) is 0 Å². The Morgan fingerprint density at radius 2 is 1.82 bits per heavy atom. The van der Waals surface area contributed by atoms with Gasteiger partial charge in [0.2, 0.25) is 0 Å². The number of anilines is 1. The lowest BCUT2D eigenvalue weighted by Gasteiger charge is -2.26. The minimum Gasteiger partial charge on any atom is -0.495 e. The van der Waals surface area contributed by atoms with Gasteiger partial charge in [0.25, 0.3) is 11.8 Å². The molecule has 9 heteroatoms. The van der Waals surface area contributed by atoms with Crippen LogP contribution in [0.15, 0.2) is 53.1 Å². The number of likely N-dealkylation sites (tertiary alicyclic amines) is 1. The molecular weight excluding hydrogens is 434 g/mol. The second-order valence-corrected chi connectivity index (χ2v) is 8.25. The number of rotatable bonds is 7. The molecular formula is C25H29N5O4. The van der Waals surface area contributed by atoms with E-state index in [9.17, 15) is 9.59 Å². The molecule has 1 N–H and O–H groups in total. The predicted octanol–water partition coefficient (Wildman–Crippen LogP) is 4.08. The van der Waals surface area contributed by atoms with Gasteiger partial charge in [-0.3, -0.25) is 4.79 Å². The maximum absolute atomic E-state index is 12.6. The Morgan fingerprint density at radius 3 is 2.56 bits per heavy atom. The van der Waals surface area contributed by atoms with Crippen LogP contribution < -0.4 is 10.1 Å². The molecule has 34 heavy (non-hydrogen) atoms. The zero-order valence-corrected chi connectivity index (χ0v) is 19.5. The number of amides is 3. The number of nitrogens with one attached hydrogen (secondary N) is 1. The highest BCUT2D eigenvalue weighted by Crippen LogP contribution is 2.23. The van der Waals surface area contributed by atoms with Crippen molar-refractivity contribution < 1.29 is 18.8 Å². The SMILES string of the molecule is COc1ccccc1NC(=O)N(C)CCc1noc(-c2ccc(C(=O)N3CCCCC3)cc2)n1.